The number of nitrogens with two attached hydrogens (primary N) is 2. The van der Waals surface area contributed by atoms with Gasteiger partial charge in [-0.05, 0) is 77.8 Å². The van der Waals surface area contributed by atoms with Crippen LogP contribution in [0.5, 0.6) is 0 Å². The lowest BCUT2D eigenvalue weighted by molar-refractivity contribution is -0.122. The molecule has 0 unspecified atom stereocenters. The van der Waals surface area contributed by atoms with Gasteiger partial charge in [0.1, 0.15) is 0 Å². The Morgan fingerprint density at radius 2 is 1.38 bits per heavy atom. The molecule has 26 heavy (non-hydrogen) atoms. The maximum atomic E-state index is 11.9. The van der Waals surface area contributed by atoms with Crippen molar-refractivity contribution >= 4 is 5.91 Å². The van der Waals surface area contributed by atoms with Crippen molar-refractivity contribution in [2.75, 3.05) is 45.8 Å². The van der Waals surface area contributed by atoms with Gasteiger partial charge in [0.05, 0.1) is 6.04 Å². The van der Waals surface area contributed by atoms with E-state index in [0.717, 1.165) is 71.4 Å². The summed E-state index contributed by atoms with van der Waals surface area (Å²) in [5, 5.41) is 13.1. The molecular weight excluding hydrogens is 328 g/mol. The Bertz CT molecular complexity index is 314. The Kier molecular flexibility index (Phi) is 18.5. The van der Waals surface area contributed by atoms with Gasteiger partial charge in [0.2, 0.25) is 5.91 Å². The minimum Gasteiger partial charge on any atom is -0.355 e. The Morgan fingerprint density at radius 1 is 0.808 bits per heavy atom. The summed E-state index contributed by atoms with van der Waals surface area (Å²) in [6.45, 7) is 10.7. The second-order valence-electron chi connectivity index (χ2n) is 7.21. The summed E-state index contributed by atoms with van der Waals surface area (Å²) in [6, 6.07) is 0.132. The first-order chi connectivity index (χ1) is 12.6. The fourth-order valence-electron chi connectivity index (χ4n) is 2.54. The van der Waals surface area contributed by atoms with Crippen molar-refractivity contribution in [3.05, 3.63) is 0 Å². The average Bonchev–Trinajstić information content (AvgIpc) is 2.61. The van der Waals surface area contributed by atoms with Crippen LogP contribution in [0.3, 0.4) is 0 Å². The van der Waals surface area contributed by atoms with E-state index in [4.69, 9.17) is 11.5 Å². The van der Waals surface area contributed by atoms with Crippen LogP contribution in [-0.2, 0) is 4.79 Å². The number of amides is 1. The van der Waals surface area contributed by atoms with Crippen LogP contribution < -0.4 is 32.7 Å². The molecule has 1 amide bonds. The van der Waals surface area contributed by atoms with Crippen molar-refractivity contribution in [1.29, 1.82) is 0 Å². The maximum Gasteiger partial charge on any atom is 0.236 e. The molecule has 0 saturated heterocycles. The number of hydrogen-bond acceptors (Lipinski definition) is 6. The highest BCUT2D eigenvalue weighted by molar-refractivity contribution is 5.81. The summed E-state index contributed by atoms with van der Waals surface area (Å²) in [7, 11) is 0. The third-order valence-electron chi connectivity index (χ3n) is 4.18. The molecule has 0 heterocycles. The summed E-state index contributed by atoms with van der Waals surface area (Å²) < 4.78 is 0. The van der Waals surface area contributed by atoms with Crippen molar-refractivity contribution in [3.8, 4) is 0 Å². The monoisotopic (exact) mass is 372 g/mol. The van der Waals surface area contributed by atoms with Crippen LogP contribution >= 0.6 is 0 Å². The van der Waals surface area contributed by atoms with Gasteiger partial charge >= 0.3 is 0 Å². The molecule has 7 nitrogen and oxygen atoms in total. The minimum atomic E-state index is -0.381. The van der Waals surface area contributed by atoms with Crippen molar-refractivity contribution in [3.63, 3.8) is 0 Å². The zero-order valence-corrected chi connectivity index (χ0v) is 17.1. The third kappa shape index (κ3) is 18.1. The van der Waals surface area contributed by atoms with E-state index >= 15 is 0 Å². The Balaban J connectivity index is 3.32. The van der Waals surface area contributed by atoms with Gasteiger partial charge in [0.15, 0.2) is 0 Å². The first kappa shape index (κ1) is 25.3. The third-order valence-corrected chi connectivity index (χ3v) is 4.18. The van der Waals surface area contributed by atoms with Crippen LogP contribution in [0.4, 0.5) is 0 Å². The standard InChI is InChI=1S/C19H44N6O/c1-17(2)24-15-4-3-9-18(21)19(26)25-16-8-14-23-12-6-5-11-22-13-7-10-20/h17-18,22-24H,3-16,20-21H2,1-2H3,(H,25,26)/t18-/m0/s1. The highest BCUT2D eigenvalue weighted by Gasteiger charge is 2.11. The summed E-state index contributed by atoms with van der Waals surface area (Å²) >= 11 is 0. The molecule has 8 N–H and O–H groups in total. The highest BCUT2D eigenvalue weighted by Crippen LogP contribution is 1.99. The zero-order chi connectivity index (χ0) is 19.5. The van der Waals surface area contributed by atoms with Crippen LogP contribution in [0.15, 0.2) is 0 Å². The Labute approximate surface area is 160 Å². The van der Waals surface area contributed by atoms with E-state index in [-0.39, 0.29) is 11.9 Å². The average molecular weight is 373 g/mol. The Hall–Kier alpha value is -0.730. The number of carbonyl (C=O) groups is 1. The smallest absolute Gasteiger partial charge is 0.236 e. The second kappa shape index (κ2) is 19.0. The summed E-state index contributed by atoms with van der Waals surface area (Å²) in [5.74, 6) is -0.0228. The number of nitrogens with one attached hydrogen (secondary N) is 4. The van der Waals surface area contributed by atoms with Gasteiger partial charge in [0.25, 0.3) is 0 Å². The van der Waals surface area contributed by atoms with Crippen molar-refractivity contribution < 1.29 is 4.79 Å². The van der Waals surface area contributed by atoms with Crippen molar-refractivity contribution in [2.24, 2.45) is 11.5 Å². The maximum absolute atomic E-state index is 11.9. The fraction of sp³-hybridized carbons (Fsp3) is 0.947. The molecule has 7 heteroatoms. The molecule has 0 spiro atoms. The second-order valence-corrected chi connectivity index (χ2v) is 7.21. The van der Waals surface area contributed by atoms with Crippen LogP contribution in [0, 0.1) is 0 Å². The molecule has 156 valence electrons. The molecule has 0 aliphatic carbocycles. The van der Waals surface area contributed by atoms with Crippen LogP contribution in [-0.4, -0.2) is 63.8 Å². The van der Waals surface area contributed by atoms with E-state index in [9.17, 15) is 4.79 Å². The predicted molar refractivity (Wildman–Crippen MR) is 111 cm³/mol. The number of hydrogen-bond donors (Lipinski definition) is 6. The van der Waals surface area contributed by atoms with Crippen LogP contribution in [0.1, 0.15) is 58.8 Å². The largest absolute Gasteiger partial charge is 0.355 e. The lowest BCUT2D eigenvalue weighted by Crippen LogP contribution is -2.41. The molecular formula is C19H44N6O. The highest BCUT2D eigenvalue weighted by atomic mass is 16.2. The molecule has 0 aliphatic rings. The molecule has 0 rings (SSSR count). The van der Waals surface area contributed by atoms with Gasteiger partial charge in [-0.25, -0.2) is 0 Å². The summed E-state index contributed by atoms with van der Waals surface area (Å²) in [5.41, 5.74) is 11.4. The molecule has 1 atom stereocenters. The van der Waals surface area contributed by atoms with Gasteiger partial charge in [-0.1, -0.05) is 20.3 Å². The predicted octanol–water partition coefficient (Wildman–Crippen LogP) is 0.297. The topological polar surface area (TPSA) is 117 Å². The first-order valence-corrected chi connectivity index (χ1v) is 10.5. The first-order valence-electron chi connectivity index (χ1n) is 10.5. The van der Waals surface area contributed by atoms with E-state index < -0.39 is 0 Å². The van der Waals surface area contributed by atoms with Gasteiger partial charge in [0, 0.05) is 12.6 Å². The van der Waals surface area contributed by atoms with E-state index in [0.29, 0.717) is 12.6 Å². The molecule has 0 aliphatic heterocycles. The van der Waals surface area contributed by atoms with E-state index in [1.807, 2.05) is 0 Å². The van der Waals surface area contributed by atoms with E-state index in [1.54, 1.807) is 0 Å². The summed E-state index contributed by atoms with van der Waals surface area (Å²) in [4.78, 5) is 11.9. The molecule has 0 aromatic carbocycles. The molecule has 0 radical (unpaired) electrons. The SMILES string of the molecule is CC(C)NCCCC[C@H](N)C(=O)NCCCNCCCCNCCCN. The number of unbranched alkanes of at least 4 members (excludes halogenated alkanes) is 2. The zero-order valence-electron chi connectivity index (χ0n) is 17.1. The molecule has 0 saturated carbocycles. The van der Waals surface area contributed by atoms with E-state index in [1.165, 1.54) is 12.8 Å². The quantitative estimate of drug-likeness (QED) is 0.182. The molecule has 0 aromatic rings. The van der Waals surface area contributed by atoms with Crippen molar-refractivity contribution in [2.45, 2.75) is 70.9 Å². The van der Waals surface area contributed by atoms with Gasteiger partial charge in [-0.2, -0.15) is 0 Å². The fourth-order valence-corrected chi connectivity index (χ4v) is 2.54. The van der Waals surface area contributed by atoms with Gasteiger partial charge in [-0.15, -0.1) is 0 Å². The van der Waals surface area contributed by atoms with E-state index in [2.05, 4.69) is 35.1 Å². The molecule has 0 bridgehead atoms. The minimum absolute atomic E-state index is 0.0228. The number of carbonyl (C=O) groups excluding carboxylic acids is 1. The van der Waals surface area contributed by atoms with Gasteiger partial charge in [-0.3, -0.25) is 4.79 Å². The van der Waals surface area contributed by atoms with Gasteiger partial charge < -0.3 is 32.7 Å². The molecule has 0 fully saturated rings. The number of rotatable bonds is 19. The summed E-state index contributed by atoms with van der Waals surface area (Å²) in [6.07, 6.45) is 7.12. The lowest BCUT2D eigenvalue weighted by atomic mass is 10.1. The normalized spacial score (nSPS) is 12.5. The Morgan fingerprint density at radius 3 is 2.00 bits per heavy atom. The van der Waals surface area contributed by atoms with Crippen LogP contribution in [0.25, 0.3) is 0 Å². The molecule has 0 aromatic heterocycles. The lowest BCUT2D eigenvalue weighted by Gasteiger charge is -2.13. The van der Waals surface area contributed by atoms with Crippen molar-refractivity contribution in [1.82, 2.24) is 21.3 Å². The van der Waals surface area contributed by atoms with Crippen LogP contribution in [0.2, 0.25) is 0 Å².